The van der Waals surface area contributed by atoms with Crippen molar-refractivity contribution in [1.82, 2.24) is 10.2 Å². The van der Waals surface area contributed by atoms with Crippen molar-refractivity contribution in [3.8, 4) is 5.75 Å². The number of hydrogen-bond acceptors (Lipinski definition) is 6. The minimum absolute atomic E-state index is 0.110. The highest BCUT2D eigenvalue weighted by Crippen LogP contribution is 2.21. The number of aryl methyl sites for hydroxylation is 1. The van der Waals surface area contributed by atoms with Gasteiger partial charge >= 0.3 is 0 Å². The Morgan fingerprint density at radius 2 is 2.22 bits per heavy atom. The zero-order chi connectivity index (χ0) is 16.7. The van der Waals surface area contributed by atoms with Crippen molar-refractivity contribution in [2.75, 3.05) is 19.0 Å². The maximum atomic E-state index is 11.8. The van der Waals surface area contributed by atoms with E-state index in [1.807, 2.05) is 19.1 Å². The molecule has 1 heterocycles. The third-order valence-corrected chi connectivity index (χ3v) is 4.16. The second kappa shape index (κ2) is 8.81. The molecule has 0 bridgehead atoms. The summed E-state index contributed by atoms with van der Waals surface area (Å²) in [5, 5.41) is 12.4. The molecule has 23 heavy (non-hydrogen) atoms. The van der Waals surface area contributed by atoms with Gasteiger partial charge in [0.2, 0.25) is 11.0 Å². The molecule has 124 valence electrons. The van der Waals surface area contributed by atoms with Crippen molar-refractivity contribution in [2.24, 2.45) is 0 Å². The number of aromatic nitrogens is 2. The van der Waals surface area contributed by atoms with Crippen LogP contribution in [0.4, 0.5) is 5.13 Å². The molecule has 0 aliphatic heterocycles. The smallest absolute Gasteiger partial charge is 0.226 e. The van der Waals surface area contributed by atoms with Gasteiger partial charge in [0.25, 0.3) is 0 Å². The van der Waals surface area contributed by atoms with E-state index in [9.17, 15) is 4.79 Å². The molecule has 1 N–H and O–H groups in total. The van der Waals surface area contributed by atoms with E-state index in [0.717, 1.165) is 16.3 Å². The topological polar surface area (TPSA) is 73.3 Å². The molecule has 1 aromatic heterocycles. The monoisotopic (exact) mass is 355 g/mol. The number of amides is 1. The Kier molecular flexibility index (Phi) is 6.76. The summed E-state index contributed by atoms with van der Waals surface area (Å²) in [6, 6.07) is 5.49. The van der Waals surface area contributed by atoms with Crippen LogP contribution < -0.4 is 10.1 Å². The second-order valence-corrected chi connectivity index (χ2v) is 6.31. The minimum atomic E-state index is -0.110. The fraction of sp³-hybridized carbons (Fsp3) is 0.400. The molecule has 0 spiro atoms. The van der Waals surface area contributed by atoms with Crippen molar-refractivity contribution in [1.29, 1.82) is 0 Å². The van der Waals surface area contributed by atoms with Crippen LogP contribution in [0.1, 0.15) is 23.4 Å². The molecule has 2 aromatic rings. The molecular formula is C15H18ClN3O3S. The van der Waals surface area contributed by atoms with Gasteiger partial charge in [0, 0.05) is 18.6 Å². The average Bonchev–Trinajstić information content (AvgIpc) is 2.95. The number of hydrogen-bond donors (Lipinski definition) is 1. The van der Waals surface area contributed by atoms with Gasteiger partial charge in [-0.1, -0.05) is 22.9 Å². The molecule has 1 aromatic carbocycles. The van der Waals surface area contributed by atoms with Crippen LogP contribution in [-0.2, 0) is 16.1 Å². The summed E-state index contributed by atoms with van der Waals surface area (Å²) < 4.78 is 10.6. The van der Waals surface area contributed by atoms with E-state index in [-0.39, 0.29) is 5.91 Å². The molecular weight excluding hydrogens is 338 g/mol. The van der Waals surface area contributed by atoms with Crippen LogP contribution in [0.15, 0.2) is 18.2 Å². The summed E-state index contributed by atoms with van der Waals surface area (Å²) in [5.41, 5.74) is 0.963. The zero-order valence-electron chi connectivity index (χ0n) is 13.0. The van der Waals surface area contributed by atoms with Gasteiger partial charge in [-0.15, -0.1) is 10.2 Å². The molecule has 6 nitrogen and oxygen atoms in total. The number of halogens is 1. The standard InChI is InChI=1S/C15H18ClN3O3S/c1-10-8-11(5-6-12(10)16)22-7-3-4-13(20)17-15-19-18-14(23-15)9-21-2/h5-6,8H,3-4,7,9H2,1-2H3,(H,17,19,20). The van der Waals surface area contributed by atoms with Crippen LogP contribution in [0.2, 0.25) is 5.02 Å². The molecule has 1 amide bonds. The Balaban J connectivity index is 1.68. The maximum Gasteiger partial charge on any atom is 0.226 e. The van der Waals surface area contributed by atoms with E-state index in [1.54, 1.807) is 13.2 Å². The number of nitrogens with zero attached hydrogens (tertiary/aromatic N) is 2. The van der Waals surface area contributed by atoms with Crippen LogP contribution in [0.5, 0.6) is 5.75 Å². The van der Waals surface area contributed by atoms with Gasteiger partial charge in [0.15, 0.2) is 0 Å². The molecule has 0 saturated carbocycles. The maximum absolute atomic E-state index is 11.8. The van der Waals surface area contributed by atoms with E-state index in [4.69, 9.17) is 21.1 Å². The first kappa shape index (κ1) is 17.7. The normalized spacial score (nSPS) is 10.6. The summed E-state index contributed by atoms with van der Waals surface area (Å²) in [5.74, 6) is 0.640. The van der Waals surface area contributed by atoms with Gasteiger partial charge < -0.3 is 14.8 Å². The van der Waals surface area contributed by atoms with Crippen molar-refractivity contribution in [2.45, 2.75) is 26.4 Å². The van der Waals surface area contributed by atoms with Crippen LogP contribution in [-0.4, -0.2) is 29.8 Å². The summed E-state index contributed by atoms with van der Waals surface area (Å²) in [4.78, 5) is 11.8. The minimum Gasteiger partial charge on any atom is -0.494 e. The van der Waals surface area contributed by atoms with Gasteiger partial charge in [-0.3, -0.25) is 4.79 Å². The highest BCUT2D eigenvalue weighted by atomic mass is 35.5. The number of carbonyl (C=O) groups excluding carboxylic acids is 1. The predicted octanol–water partition coefficient (Wildman–Crippen LogP) is 3.44. The van der Waals surface area contributed by atoms with Crippen molar-refractivity contribution in [3.05, 3.63) is 33.8 Å². The summed E-state index contributed by atoms with van der Waals surface area (Å²) >= 11 is 7.26. The molecule has 0 aliphatic rings. The molecule has 0 aliphatic carbocycles. The van der Waals surface area contributed by atoms with E-state index in [1.165, 1.54) is 11.3 Å². The van der Waals surface area contributed by atoms with Gasteiger partial charge in [0.1, 0.15) is 17.4 Å². The van der Waals surface area contributed by atoms with Crippen LogP contribution in [0.25, 0.3) is 0 Å². The third kappa shape index (κ3) is 5.78. The quantitative estimate of drug-likeness (QED) is 0.734. The Bertz CT molecular complexity index is 663. The first-order valence-corrected chi connectivity index (χ1v) is 8.28. The number of rotatable bonds is 8. The van der Waals surface area contributed by atoms with Crippen LogP contribution >= 0.6 is 22.9 Å². The summed E-state index contributed by atoms with van der Waals surface area (Å²) in [6.45, 7) is 2.77. The highest BCUT2D eigenvalue weighted by molar-refractivity contribution is 7.15. The van der Waals surface area contributed by atoms with E-state index >= 15 is 0 Å². The van der Waals surface area contributed by atoms with E-state index < -0.39 is 0 Å². The molecule has 0 fully saturated rings. The van der Waals surface area contributed by atoms with Crippen molar-refractivity contribution in [3.63, 3.8) is 0 Å². The average molecular weight is 356 g/mol. The fourth-order valence-electron chi connectivity index (χ4n) is 1.80. The lowest BCUT2D eigenvalue weighted by atomic mass is 10.2. The molecule has 8 heteroatoms. The van der Waals surface area contributed by atoms with Gasteiger partial charge in [0.05, 0.1) is 6.61 Å². The lowest BCUT2D eigenvalue weighted by molar-refractivity contribution is -0.116. The molecule has 0 unspecified atom stereocenters. The Morgan fingerprint density at radius 1 is 1.39 bits per heavy atom. The lowest BCUT2D eigenvalue weighted by Crippen LogP contribution is -2.12. The SMILES string of the molecule is COCc1nnc(NC(=O)CCCOc2ccc(Cl)c(C)c2)s1. The Labute approximate surface area is 143 Å². The molecule has 0 saturated heterocycles. The van der Waals surface area contributed by atoms with Crippen molar-refractivity contribution >= 4 is 34.0 Å². The van der Waals surface area contributed by atoms with Gasteiger partial charge in [-0.2, -0.15) is 0 Å². The number of anilines is 1. The molecule has 2 rings (SSSR count). The Morgan fingerprint density at radius 3 is 2.96 bits per heavy atom. The largest absolute Gasteiger partial charge is 0.494 e. The first-order valence-electron chi connectivity index (χ1n) is 7.08. The fourth-order valence-corrected chi connectivity index (χ4v) is 2.64. The third-order valence-electron chi connectivity index (χ3n) is 2.93. The Hall–Kier alpha value is -1.70. The van der Waals surface area contributed by atoms with Gasteiger partial charge in [-0.25, -0.2) is 0 Å². The predicted molar refractivity (Wildman–Crippen MR) is 90.2 cm³/mol. The summed E-state index contributed by atoms with van der Waals surface area (Å²) in [6.07, 6.45) is 0.961. The highest BCUT2D eigenvalue weighted by Gasteiger charge is 2.08. The number of benzene rings is 1. The second-order valence-electron chi connectivity index (χ2n) is 4.85. The van der Waals surface area contributed by atoms with E-state index in [2.05, 4.69) is 15.5 Å². The first-order chi connectivity index (χ1) is 11.1. The van der Waals surface area contributed by atoms with Crippen molar-refractivity contribution < 1.29 is 14.3 Å². The number of methoxy groups -OCH3 is 1. The van der Waals surface area contributed by atoms with Crippen LogP contribution in [0.3, 0.4) is 0 Å². The molecule has 0 atom stereocenters. The van der Waals surface area contributed by atoms with E-state index in [0.29, 0.717) is 36.2 Å². The van der Waals surface area contributed by atoms with Crippen LogP contribution in [0, 0.1) is 6.92 Å². The molecule has 0 radical (unpaired) electrons. The number of carbonyl (C=O) groups is 1. The summed E-state index contributed by atoms with van der Waals surface area (Å²) in [7, 11) is 1.59. The zero-order valence-corrected chi connectivity index (χ0v) is 14.5. The lowest BCUT2D eigenvalue weighted by Gasteiger charge is -2.07. The number of nitrogens with one attached hydrogen (secondary N) is 1. The number of ether oxygens (including phenoxy) is 2. The van der Waals surface area contributed by atoms with Gasteiger partial charge in [-0.05, 0) is 37.1 Å².